The van der Waals surface area contributed by atoms with Crippen molar-refractivity contribution in [2.75, 3.05) is 17.2 Å². The largest absolute Gasteiger partial charge is 0.482 e. The first-order chi connectivity index (χ1) is 14.3. The summed E-state index contributed by atoms with van der Waals surface area (Å²) in [5.41, 5.74) is 6.12. The maximum atomic E-state index is 12.2. The highest BCUT2D eigenvalue weighted by Gasteiger charge is 2.08. The van der Waals surface area contributed by atoms with E-state index in [1.807, 2.05) is 69.3 Å². The van der Waals surface area contributed by atoms with Crippen molar-refractivity contribution in [2.24, 2.45) is 0 Å². The second-order valence-electron chi connectivity index (χ2n) is 7.21. The molecule has 0 saturated carbocycles. The molecule has 0 aliphatic carbocycles. The minimum absolute atomic E-state index is 0.119. The van der Waals surface area contributed by atoms with Crippen LogP contribution in [0.2, 0.25) is 10.0 Å². The van der Waals surface area contributed by atoms with Crippen LogP contribution in [-0.4, -0.2) is 12.5 Å². The first-order valence-electron chi connectivity index (χ1n) is 9.60. The molecule has 0 bridgehead atoms. The summed E-state index contributed by atoms with van der Waals surface area (Å²) in [5, 5.41) is 7.33. The average Bonchev–Trinajstić information content (AvgIpc) is 2.70. The van der Waals surface area contributed by atoms with E-state index >= 15 is 0 Å². The molecule has 3 rings (SSSR count). The molecule has 0 aliphatic rings. The lowest BCUT2D eigenvalue weighted by atomic mass is 10.1. The molecule has 0 aromatic heterocycles. The molecule has 30 heavy (non-hydrogen) atoms. The molecule has 0 unspecified atom stereocenters. The van der Waals surface area contributed by atoms with Gasteiger partial charge in [0.15, 0.2) is 6.61 Å². The molecule has 0 heterocycles. The van der Waals surface area contributed by atoms with Crippen LogP contribution in [0, 0.1) is 20.8 Å². The SMILES string of the molecule is Cc1ccc(NC(=O)COc2ccc(CNc3cc(Cl)ccc3C)cc2Cl)cc1C. The first kappa shape index (κ1) is 22.0. The van der Waals surface area contributed by atoms with Gasteiger partial charge in [-0.15, -0.1) is 0 Å². The lowest BCUT2D eigenvalue weighted by Gasteiger charge is -2.13. The molecule has 0 atom stereocenters. The summed E-state index contributed by atoms with van der Waals surface area (Å²) in [6.45, 7) is 6.53. The fourth-order valence-electron chi connectivity index (χ4n) is 2.91. The van der Waals surface area contributed by atoms with Crippen molar-refractivity contribution in [2.45, 2.75) is 27.3 Å². The Morgan fingerprint density at radius 2 is 1.67 bits per heavy atom. The van der Waals surface area contributed by atoms with Gasteiger partial charge in [-0.3, -0.25) is 4.79 Å². The van der Waals surface area contributed by atoms with Crippen LogP contribution >= 0.6 is 23.2 Å². The maximum Gasteiger partial charge on any atom is 0.262 e. The van der Waals surface area contributed by atoms with Gasteiger partial charge in [0.1, 0.15) is 5.75 Å². The van der Waals surface area contributed by atoms with Crippen LogP contribution in [0.4, 0.5) is 11.4 Å². The summed E-state index contributed by atoms with van der Waals surface area (Å²) in [6.07, 6.45) is 0. The average molecular weight is 443 g/mol. The minimum Gasteiger partial charge on any atom is -0.482 e. The summed E-state index contributed by atoms with van der Waals surface area (Å²) >= 11 is 12.4. The van der Waals surface area contributed by atoms with Crippen molar-refractivity contribution in [3.05, 3.63) is 86.9 Å². The third-order valence-corrected chi connectivity index (χ3v) is 5.36. The lowest BCUT2D eigenvalue weighted by molar-refractivity contribution is -0.118. The summed E-state index contributed by atoms with van der Waals surface area (Å²) in [5.74, 6) is 0.228. The van der Waals surface area contributed by atoms with E-state index < -0.39 is 0 Å². The highest BCUT2D eigenvalue weighted by Crippen LogP contribution is 2.27. The van der Waals surface area contributed by atoms with E-state index in [0.717, 1.165) is 28.1 Å². The fraction of sp³-hybridized carbons (Fsp3) is 0.208. The van der Waals surface area contributed by atoms with E-state index in [4.69, 9.17) is 27.9 Å². The number of anilines is 2. The van der Waals surface area contributed by atoms with Gasteiger partial charge in [0.2, 0.25) is 0 Å². The molecule has 0 fully saturated rings. The number of nitrogens with one attached hydrogen (secondary N) is 2. The van der Waals surface area contributed by atoms with Crippen molar-refractivity contribution in [3.8, 4) is 5.75 Å². The second kappa shape index (κ2) is 9.88. The standard InChI is InChI=1S/C24H24Cl2N2O2/c1-15-5-8-20(10-17(15)3)28-24(29)14-30-23-9-6-18(11-21(23)26)13-27-22-12-19(25)7-4-16(22)2/h4-12,27H,13-14H2,1-3H3,(H,28,29). The normalized spacial score (nSPS) is 10.6. The zero-order valence-electron chi connectivity index (χ0n) is 17.2. The van der Waals surface area contributed by atoms with E-state index in [1.54, 1.807) is 6.07 Å². The molecule has 156 valence electrons. The van der Waals surface area contributed by atoms with E-state index in [2.05, 4.69) is 10.6 Å². The van der Waals surface area contributed by atoms with Crippen LogP contribution < -0.4 is 15.4 Å². The number of aryl methyl sites for hydroxylation is 3. The smallest absolute Gasteiger partial charge is 0.262 e. The van der Waals surface area contributed by atoms with Gasteiger partial charge in [-0.25, -0.2) is 0 Å². The third kappa shape index (κ3) is 5.91. The zero-order valence-corrected chi connectivity index (χ0v) is 18.7. The van der Waals surface area contributed by atoms with Crippen LogP contribution in [0.3, 0.4) is 0 Å². The predicted molar refractivity (Wildman–Crippen MR) is 125 cm³/mol. The quantitative estimate of drug-likeness (QED) is 0.436. The molecule has 0 saturated heterocycles. The Labute approximate surface area is 187 Å². The highest BCUT2D eigenvalue weighted by atomic mass is 35.5. The second-order valence-corrected chi connectivity index (χ2v) is 8.06. The number of rotatable bonds is 7. The van der Waals surface area contributed by atoms with Gasteiger partial charge in [0, 0.05) is 22.9 Å². The van der Waals surface area contributed by atoms with Gasteiger partial charge in [-0.05, 0) is 79.4 Å². The number of halogens is 2. The molecular weight excluding hydrogens is 419 g/mol. The number of benzene rings is 3. The maximum absolute atomic E-state index is 12.2. The summed E-state index contributed by atoms with van der Waals surface area (Å²) < 4.78 is 5.60. The summed E-state index contributed by atoms with van der Waals surface area (Å²) in [4.78, 5) is 12.2. The molecule has 0 radical (unpaired) electrons. The first-order valence-corrected chi connectivity index (χ1v) is 10.4. The van der Waals surface area contributed by atoms with Gasteiger partial charge in [0.05, 0.1) is 5.02 Å². The van der Waals surface area contributed by atoms with Gasteiger partial charge in [0.25, 0.3) is 5.91 Å². The van der Waals surface area contributed by atoms with Crippen LogP contribution in [0.25, 0.3) is 0 Å². The molecule has 0 aliphatic heterocycles. The Hall–Kier alpha value is -2.69. The van der Waals surface area contributed by atoms with Crippen molar-refractivity contribution in [1.82, 2.24) is 0 Å². The number of carbonyl (C=O) groups is 1. The minimum atomic E-state index is -0.239. The van der Waals surface area contributed by atoms with Crippen molar-refractivity contribution in [1.29, 1.82) is 0 Å². The third-order valence-electron chi connectivity index (χ3n) is 4.83. The van der Waals surface area contributed by atoms with Gasteiger partial charge >= 0.3 is 0 Å². The number of ether oxygens (including phenoxy) is 1. The van der Waals surface area contributed by atoms with Gasteiger partial charge in [-0.2, -0.15) is 0 Å². The monoisotopic (exact) mass is 442 g/mol. The summed E-state index contributed by atoms with van der Waals surface area (Å²) in [7, 11) is 0. The van der Waals surface area contributed by atoms with Crippen LogP contribution in [-0.2, 0) is 11.3 Å². The molecular formula is C24H24Cl2N2O2. The van der Waals surface area contributed by atoms with Crippen LogP contribution in [0.1, 0.15) is 22.3 Å². The van der Waals surface area contributed by atoms with Gasteiger partial charge in [-0.1, -0.05) is 41.4 Å². The van der Waals surface area contributed by atoms with E-state index in [1.165, 1.54) is 5.56 Å². The Balaban J connectivity index is 1.55. The Bertz CT molecular complexity index is 1070. The number of carbonyl (C=O) groups excluding carboxylic acids is 1. The lowest BCUT2D eigenvalue weighted by Crippen LogP contribution is -2.20. The van der Waals surface area contributed by atoms with E-state index in [9.17, 15) is 4.79 Å². The zero-order chi connectivity index (χ0) is 21.7. The molecule has 1 amide bonds. The molecule has 6 heteroatoms. The van der Waals surface area contributed by atoms with Crippen LogP contribution in [0.5, 0.6) is 5.75 Å². The Kier molecular flexibility index (Phi) is 7.24. The van der Waals surface area contributed by atoms with E-state index in [0.29, 0.717) is 22.3 Å². The topological polar surface area (TPSA) is 50.4 Å². The summed E-state index contributed by atoms with van der Waals surface area (Å²) in [6, 6.07) is 17.0. The molecule has 0 spiro atoms. The van der Waals surface area contributed by atoms with E-state index in [-0.39, 0.29) is 12.5 Å². The van der Waals surface area contributed by atoms with Crippen LogP contribution in [0.15, 0.2) is 54.6 Å². The highest BCUT2D eigenvalue weighted by molar-refractivity contribution is 6.32. The van der Waals surface area contributed by atoms with Crippen molar-refractivity contribution < 1.29 is 9.53 Å². The Morgan fingerprint density at radius 3 is 2.40 bits per heavy atom. The fourth-order valence-corrected chi connectivity index (χ4v) is 3.34. The van der Waals surface area contributed by atoms with Crippen molar-refractivity contribution in [3.63, 3.8) is 0 Å². The van der Waals surface area contributed by atoms with Crippen molar-refractivity contribution >= 4 is 40.5 Å². The predicted octanol–water partition coefficient (Wildman–Crippen LogP) is 6.55. The Morgan fingerprint density at radius 1 is 0.900 bits per heavy atom. The number of hydrogen-bond donors (Lipinski definition) is 2. The molecule has 2 N–H and O–H groups in total. The number of hydrogen-bond acceptors (Lipinski definition) is 3. The molecule has 3 aromatic rings. The molecule has 4 nitrogen and oxygen atoms in total. The van der Waals surface area contributed by atoms with Gasteiger partial charge < -0.3 is 15.4 Å². The number of amides is 1. The molecule has 3 aromatic carbocycles.